The van der Waals surface area contributed by atoms with Gasteiger partial charge in [-0.15, -0.1) is 0 Å². The first kappa shape index (κ1) is 14.0. The van der Waals surface area contributed by atoms with E-state index in [1.54, 1.807) is 6.07 Å². The van der Waals surface area contributed by atoms with Gasteiger partial charge in [-0.1, -0.05) is 6.07 Å². The fraction of sp³-hybridized carbons (Fsp3) is 0.500. The Balaban J connectivity index is 2.07. The Bertz CT molecular complexity index is 468. The first-order valence-corrected chi connectivity index (χ1v) is 6.35. The largest absolute Gasteiger partial charge is 0.478 e. The minimum absolute atomic E-state index is 0.159. The van der Waals surface area contributed by atoms with Gasteiger partial charge in [-0.05, 0) is 31.5 Å². The minimum atomic E-state index is -1.24. The smallest absolute Gasteiger partial charge is 0.338 e. The third-order valence-electron chi connectivity index (χ3n) is 3.17. The highest BCUT2D eigenvalue weighted by Gasteiger charge is 2.22. The summed E-state index contributed by atoms with van der Waals surface area (Å²) in [5.41, 5.74) is 0.497. The Morgan fingerprint density at radius 3 is 2.58 bits per heavy atom. The van der Waals surface area contributed by atoms with Gasteiger partial charge in [0.1, 0.15) is 5.82 Å². The lowest BCUT2D eigenvalue weighted by Crippen LogP contribution is -2.44. The average molecular weight is 267 g/mol. The fourth-order valence-corrected chi connectivity index (χ4v) is 2.50. The molecule has 2 rings (SSSR count). The Kier molecular flexibility index (Phi) is 4.17. The molecule has 5 heteroatoms. The average Bonchev–Trinajstić information content (AvgIpc) is 2.26. The van der Waals surface area contributed by atoms with Crippen molar-refractivity contribution in [3.8, 4) is 0 Å². The maximum Gasteiger partial charge on any atom is 0.338 e. The van der Waals surface area contributed by atoms with Crippen molar-refractivity contribution < 1.29 is 19.0 Å². The lowest BCUT2D eigenvalue weighted by molar-refractivity contribution is -0.0705. The topological polar surface area (TPSA) is 49.8 Å². The normalized spacial score (nSPS) is 24.4. The zero-order valence-electron chi connectivity index (χ0n) is 11.1. The van der Waals surface area contributed by atoms with Gasteiger partial charge >= 0.3 is 5.97 Å². The molecule has 1 aromatic rings. The van der Waals surface area contributed by atoms with Crippen molar-refractivity contribution in [2.24, 2.45) is 0 Å². The number of morpholine rings is 1. The van der Waals surface area contributed by atoms with Gasteiger partial charge < -0.3 is 9.84 Å². The van der Waals surface area contributed by atoms with Crippen molar-refractivity contribution in [1.29, 1.82) is 0 Å². The highest BCUT2D eigenvalue weighted by Crippen LogP contribution is 2.16. The third-order valence-corrected chi connectivity index (χ3v) is 3.17. The molecule has 1 saturated heterocycles. The van der Waals surface area contributed by atoms with Crippen molar-refractivity contribution in [3.63, 3.8) is 0 Å². The predicted octanol–water partition coefficient (Wildman–Crippen LogP) is 2.13. The molecule has 0 aliphatic carbocycles. The van der Waals surface area contributed by atoms with Crippen LogP contribution in [0.25, 0.3) is 0 Å². The van der Waals surface area contributed by atoms with Crippen molar-refractivity contribution in [3.05, 3.63) is 35.1 Å². The molecule has 1 fully saturated rings. The fourth-order valence-electron chi connectivity index (χ4n) is 2.50. The number of benzene rings is 1. The van der Waals surface area contributed by atoms with E-state index in [-0.39, 0.29) is 17.8 Å². The van der Waals surface area contributed by atoms with Crippen LogP contribution >= 0.6 is 0 Å². The number of halogens is 1. The summed E-state index contributed by atoms with van der Waals surface area (Å²) in [4.78, 5) is 12.9. The van der Waals surface area contributed by atoms with E-state index in [1.807, 2.05) is 13.8 Å². The molecule has 0 radical (unpaired) electrons. The molecule has 0 bridgehead atoms. The zero-order valence-corrected chi connectivity index (χ0v) is 11.1. The summed E-state index contributed by atoms with van der Waals surface area (Å²) >= 11 is 0. The molecule has 1 aromatic carbocycles. The number of ether oxygens (including phenoxy) is 1. The number of aromatic carboxylic acids is 1. The van der Waals surface area contributed by atoms with Gasteiger partial charge in [-0.3, -0.25) is 4.90 Å². The zero-order chi connectivity index (χ0) is 14.0. The number of hydrogen-bond acceptors (Lipinski definition) is 3. The summed E-state index contributed by atoms with van der Waals surface area (Å²) in [7, 11) is 0. The van der Waals surface area contributed by atoms with Crippen LogP contribution < -0.4 is 0 Å². The Morgan fingerprint density at radius 2 is 2.05 bits per heavy atom. The van der Waals surface area contributed by atoms with E-state index in [2.05, 4.69) is 4.90 Å². The summed E-state index contributed by atoms with van der Waals surface area (Å²) in [6.45, 7) is 6.22. The van der Waals surface area contributed by atoms with Gasteiger partial charge in [0, 0.05) is 19.6 Å². The van der Waals surface area contributed by atoms with Crippen molar-refractivity contribution in [2.45, 2.75) is 32.6 Å². The number of carbonyl (C=O) groups is 1. The number of carboxylic acids is 1. The van der Waals surface area contributed by atoms with E-state index in [0.717, 1.165) is 18.7 Å². The van der Waals surface area contributed by atoms with Gasteiger partial charge in [0.15, 0.2) is 0 Å². The molecule has 2 atom stereocenters. The summed E-state index contributed by atoms with van der Waals surface area (Å²) < 4.78 is 19.2. The van der Waals surface area contributed by atoms with E-state index in [1.165, 1.54) is 12.1 Å². The van der Waals surface area contributed by atoms with Crippen LogP contribution in [-0.2, 0) is 11.3 Å². The molecular formula is C14H18FNO3. The molecule has 0 spiro atoms. The van der Waals surface area contributed by atoms with E-state index in [9.17, 15) is 9.18 Å². The van der Waals surface area contributed by atoms with Crippen LogP contribution in [0.1, 0.15) is 29.8 Å². The first-order valence-electron chi connectivity index (χ1n) is 6.35. The molecule has 0 amide bonds. The van der Waals surface area contributed by atoms with Crippen molar-refractivity contribution in [1.82, 2.24) is 4.90 Å². The second-order valence-corrected chi connectivity index (χ2v) is 5.07. The SMILES string of the molecule is CC1CN(Cc2ccc(C(=O)O)c(F)c2)CC(C)O1. The van der Waals surface area contributed by atoms with Gasteiger partial charge in [-0.25, -0.2) is 9.18 Å². The van der Waals surface area contributed by atoms with Crippen LogP contribution in [0.2, 0.25) is 0 Å². The summed E-state index contributed by atoms with van der Waals surface area (Å²) in [5, 5.41) is 8.78. The van der Waals surface area contributed by atoms with Crippen LogP contribution in [0, 0.1) is 5.82 Å². The molecule has 1 N–H and O–H groups in total. The van der Waals surface area contributed by atoms with E-state index >= 15 is 0 Å². The predicted molar refractivity (Wildman–Crippen MR) is 68.6 cm³/mol. The minimum Gasteiger partial charge on any atom is -0.478 e. The van der Waals surface area contributed by atoms with Gasteiger partial charge in [-0.2, -0.15) is 0 Å². The molecule has 1 aliphatic rings. The number of carboxylic acid groups (broad SMARTS) is 1. The van der Waals surface area contributed by atoms with Crippen molar-refractivity contribution >= 4 is 5.97 Å². The van der Waals surface area contributed by atoms with Gasteiger partial charge in [0.2, 0.25) is 0 Å². The highest BCUT2D eigenvalue weighted by molar-refractivity contribution is 5.87. The second-order valence-electron chi connectivity index (χ2n) is 5.07. The van der Waals surface area contributed by atoms with Crippen LogP contribution in [0.15, 0.2) is 18.2 Å². The van der Waals surface area contributed by atoms with Gasteiger partial charge in [0.05, 0.1) is 17.8 Å². The van der Waals surface area contributed by atoms with E-state index in [0.29, 0.717) is 6.54 Å². The van der Waals surface area contributed by atoms with E-state index in [4.69, 9.17) is 9.84 Å². The maximum absolute atomic E-state index is 13.6. The lowest BCUT2D eigenvalue weighted by atomic mass is 10.1. The molecule has 0 aromatic heterocycles. The summed E-state index contributed by atoms with van der Waals surface area (Å²) in [6, 6.07) is 4.28. The van der Waals surface area contributed by atoms with Crippen molar-refractivity contribution in [2.75, 3.05) is 13.1 Å². The number of rotatable bonds is 3. The van der Waals surface area contributed by atoms with E-state index < -0.39 is 11.8 Å². The quantitative estimate of drug-likeness (QED) is 0.911. The van der Waals surface area contributed by atoms with Crippen LogP contribution in [0.3, 0.4) is 0 Å². The molecular weight excluding hydrogens is 249 g/mol. The van der Waals surface area contributed by atoms with Crippen LogP contribution in [0.4, 0.5) is 4.39 Å². The Morgan fingerprint density at radius 1 is 1.42 bits per heavy atom. The second kappa shape index (κ2) is 5.67. The molecule has 19 heavy (non-hydrogen) atoms. The lowest BCUT2D eigenvalue weighted by Gasteiger charge is -2.35. The van der Waals surface area contributed by atoms with Gasteiger partial charge in [0.25, 0.3) is 0 Å². The first-order chi connectivity index (χ1) is 8.95. The Labute approximate surface area is 111 Å². The molecule has 1 aliphatic heterocycles. The molecule has 2 unspecified atom stereocenters. The monoisotopic (exact) mass is 267 g/mol. The maximum atomic E-state index is 13.6. The molecule has 104 valence electrons. The number of nitrogens with zero attached hydrogens (tertiary/aromatic N) is 1. The molecule has 4 nitrogen and oxygen atoms in total. The summed E-state index contributed by atoms with van der Waals surface area (Å²) in [6.07, 6.45) is 0.318. The number of hydrogen-bond donors (Lipinski definition) is 1. The van der Waals surface area contributed by atoms with Crippen LogP contribution in [-0.4, -0.2) is 41.3 Å². The standard InChI is InChI=1S/C14H18FNO3/c1-9-6-16(7-10(2)19-9)8-11-3-4-12(14(17)18)13(15)5-11/h3-5,9-10H,6-8H2,1-2H3,(H,17,18). The Hall–Kier alpha value is -1.46. The summed E-state index contributed by atoms with van der Waals surface area (Å²) in [5.74, 6) is -1.92. The molecule has 1 heterocycles. The van der Waals surface area contributed by atoms with Crippen LogP contribution in [0.5, 0.6) is 0 Å². The highest BCUT2D eigenvalue weighted by atomic mass is 19.1. The molecule has 0 saturated carbocycles. The third kappa shape index (κ3) is 3.52.